The molecular weight excluding hydrogens is 355 g/mol. The highest BCUT2D eigenvalue weighted by atomic mass is 32.2. The average molecular weight is 375 g/mol. The number of thioether (sulfide) groups is 1. The molecule has 0 saturated heterocycles. The van der Waals surface area contributed by atoms with Crippen molar-refractivity contribution < 1.29 is 27.9 Å². The Balaban J connectivity index is 1.92. The number of carbonyl (C=O) groups is 2. The van der Waals surface area contributed by atoms with Crippen LogP contribution >= 0.6 is 11.8 Å². The molecule has 2 atom stereocenters. The van der Waals surface area contributed by atoms with Gasteiger partial charge in [0.15, 0.2) is 0 Å². The molecule has 0 spiro atoms. The normalized spacial score (nSPS) is 20.9. The third-order valence-corrected chi connectivity index (χ3v) is 5.19. The average Bonchev–Trinajstić information content (AvgIpc) is 2.54. The fourth-order valence-corrected chi connectivity index (χ4v) is 3.66. The smallest absolute Gasteiger partial charge is 0.391 e. The van der Waals surface area contributed by atoms with Gasteiger partial charge in [0.05, 0.1) is 11.7 Å². The quantitative estimate of drug-likeness (QED) is 0.777. The molecule has 1 fully saturated rings. The molecule has 1 amide bonds. The van der Waals surface area contributed by atoms with Crippen molar-refractivity contribution in [3.63, 3.8) is 0 Å². The summed E-state index contributed by atoms with van der Waals surface area (Å²) in [4.78, 5) is 22.8. The van der Waals surface area contributed by atoms with E-state index < -0.39 is 24.0 Å². The summed E-state index contributed by atoms with van der Waals surface area (Å²) in [6, 6.07) is 6.93. The van der Waals surface area contributed by atoms with E-state index in [0.29, 0.717) is 24.3 Å². The summed E-state index contributed by atoms with van der Waals surface area (Å²) >= 11 is 1.24. The van der Waals surface area contributed by atoms with E-state index in [-0.39, 0.29) is 24.5 Å². The van der Waals surface area contributed by atoms with Crippen LogP contribution in [-0.4, -0.2) is 28.9 Å². The molecule has 2 unspecified atom stereocenters. The van der Waals surface area contributed by atoms with E-state index in [1.54, 1.807) is 18.2 Å². The van der Waals surface area contributed by atoms with Gasteiger partial charge in [0.1, 0.15) is 0 Å². The number of hydrogen-bond donors (Lipinski definition) is 2. The molecule has 1 saturated carbocycles. The van der Waals surface area contributed by atoms with Gasteiger partial charge in [-0.2, -0.15) is 13.2 Å². The standard InChI is InChI=1S/C17H20F3NO3S/c18-17(19,20)13-5-2-4-12(8-13)16(24)21-14-6-1-3-11(7-14)9-25-10-15(22)23/h1,3,6-7,12-13H,2,4-5,8-10H2,(H,21,24)(H,22,23). The van der Waals surface area contributed by atoms with Crippen LogP contribution in [0.1, 0.15) is 31.2 Å². The number of nitrogens with one attached hydrogen (secondary N) is 1. The molecule has 0 heterocycles. The number of halogens is 3. The second kappa shape index (κ2) is 8.60. The van der Waals surface area contributed by atoms with Crippen molar-refractivity contribution >= 4 is 29.3 Å². The Kier molecular flexibility index (Phi) is 6.75. The zero-order valence-electron chi connectivity index (χ0n) is 13.5. The molecule has 0 bridgehead atoms. The Morgan fingerprint density at radius 2 is 2.04 bits per heavy atom. The predicted molar refractivity (Wildman–Crippen MR) is 90.4 cm³/mol. The van der Waals surface area contributed by atoms with Crippen LogP contribution in [0.5, 0.6) is 0 Å². The summed E-state index contributed by atoms with van der Waals surface area (Å²) in [5.41, 5.74) is 1.37. The number of rotatable bonds is 6. The molecule has 0 aromatic heterocycles. The molecule has 1 aromatic rings. The highest BCUT2D eigenvalue weighted by Gasteiger charge is 2.43. The Bertz CT molecular complexity index is 621. The van der Waals surface area contributed by atoms with E-state index in [4.69, 9.17) is 5.11 Å². The minimum atomic E-state index is -4.25. The van der Waals surface area contributed by atoms with E-state index in [2.05, 4.69) is 5.32 Å². The predicted octanol–water partition coefficient (Wildman–Crippen LogP) is 4.31. The van der Waals surface area contributed by atoms with Gasteiger partial charge in [-0.05, 0) is 37.0 Å². The minimum absolute atomic E-state index is 0.0164. The van der Waals surface area contributed by atoms with Gasteiger partial charge in [0, 0.05) is 17.4 Å². The summed E-state index contributed by atoms with van der Waals surface area (Å²) in [6.45, 7) is 0. The van der Waals surface area contributed by atoms with Gasteiger partial charge in [-0.15, -0.1) is 11.8 Å². The Hall–Kier alpha value is -1.70. The molecule has 138 valence electrons. The van der Waals surface area contributed by atoms with Crippen molar-refractivity contribution in [2.45, 2.75) is 37.6 Å². The number of amides is 1. The van der Waals surface area contributed by atoms with Crippen LogP contribution in [0.3, 0.4) is 0 Å². The van der Waals surface area contributed by atoms with E-state index in [9.17, 15) is 22.8 Å². The van der Waals surface area contributed by atoms with Crippen molar-refractivity contribution in [2.24, 2.45) is 11.8 Å². The largest absolute Gasteiger partial charge is 0.481 e. The first kappa shape index (κ1) is 19.6. The number of aliphatic carboxylic acids is 1. The molecule has 4 nitrogen and oxygen atoms in total. The lowest BCUT2D eigenvalue weighted by Crippen LogP contribution is -2.34. The molecule has 8 heteroatoms. The number of carboxylic acids is 1. The van der Waals surface area contributed by atoms with Crippen LogP contribution < -0.4 is 5.32 Å². The van der Waals surface area contributed by atoms with Gasteiger partial charge in [0.25, 0.3) is 0 Å². The lowest BCUT2D eigenvalue weighted by molar-refractivity contribution is -0.185. The zero-order chi connectivity index (χ0) is 18.4. The fourth-order valence-electron chi connectivity index (χ4n) is 2.96. The number of hydrogen-bond acceptors (Lipinski definition) is 3. The van der Waals surface area contributed by atoms with Crippen molar-refractivity contribution in [2.75, 3.05) is 11.1 Å². The summed E-state index contributed by atoms with van der Waals surface area (Å²) in [6.07, 6.45) is -3.46. The lowest BCUT2D eigenvalue weighted by atomic mass is 9.80. The van der Waals surface area contributed by atoms with Crippen molar-refractivity contribution in [1.29, 1.82) is 0 Å². The number of alkyl halides is 3. The SMILES string of the molecule is O=C(O)CSCc1cccc(NC(=O)C2CCCC(C(F)(F)F)C2)c1. The zero-order valence-corrected chi connectivity index (χ0v) is 14.3. The Morgan fingerprint density at radius 3 is 2.72 bits per heavy atom. The molecule has 2 rings (SSSR count). The van der Waals surface area contributed by atoms with Gasteiger partial charge >= 0.3 is 12.1 Å². The first-order valence-corrected chi connectivity index (χ1v) is 9.17. The lowest BCUT2D eigenvalue weighted by Gasteiger charge is -2.29. The van der Waals surface area contributed by atoms with E-state index in [0.717, 1.165) is 5.56 Å². The van der Waals surface area contributed by atoms with Crippen LogP contribution in [-0.2, 0) is 15.3 Å². The molecule has 0 aliphatic heterocycles. The third kappa shape index (κ3) is 6.26. The van der Waals surface area contributed by atoms with Crippen LogP contribution in [0, 0.1) is 11.8 Å². The molecular formula is C17H20F3NO3S. The highest BCUT2D eigenvalue weighted by molar-refractivity contribution is 7.99. The molecule has 25 heavy (non-hydrogen) atoms. The van der Waals surface area contributed by atoms with E-state index in [1.165, 1.54) is 11.8 Å². The monoisotopic (exact) mass is 375 g/mol. The second-order valence-electron chi connectivity index (χ2n) is 6.18. The topological polar surface area (TPSA) is 66.4 Å². The number of carbonyl (C=O) groups excluding carboxylic acids is 1. The molecule has 0 radical (unpaired) electrons. The van der Waals surface area contributed by atoms with Gasteiger partial charge in [-0.25, -0.2) is 0 Å². The van der Waals surface area contributed by atoms with Crippen LogP contribution in [0.4, 0.5) is 18.9 Å². The molecule has 2 N–H and O–H groups in total. The van der Waals surface area contributed by atoms with Crippen molar-refractivity contribution in [1.82, 2.24) is 0 Å². The van der Waals surface area contributed by atoms with Gasteiger partial charge in [-0.1, -0.05) is 18.6 Å². The Labute approximate surface area is 148 Å². The maximum absolute atomic E-state index is 12.9. The van der Waals surface area contributed by atoms with E-state index in [1.807, 2.05) is 6.07 Å². The number of carboxylic acid groups (broad SMARTS) is 1. The first-order valence-electron chi connectivity index (χ1n) is 8.01. The third-order valence-electron chi connectivity index (χ3n) is 4.20. The number of anilines is 1. The molecule has 1 aliphatic rings. The van der Waals surface area contributed by atoms with Gasteiger partial charge in [0.2, 0.25) is 5.91 Å². The fraction of sp³-hybridized carbons (Fsp3) is 0.529. The van der Waals surface area contributed by atoms with E-state index >= 15 is 0 Å². The van der Waals surface area contributed by atoms with Crippen LogP contribution in [0.2, 0.25) is 0 Å². The van der Waals surface area contributed by atoms with Crippen molar-refractivity contribution in [3.8, 4) is 0 Å². The number of benzene rings is 1. The van der Waals surface area contributed by atoms with Crippen LogP contribution in [0.15, 0.2) is 24.3 Å². The molecule has 1 aromatic carbocycles. The minimum Gasteiger partial charge on any atom is -0.481 e. The Morgan fingerprint density at radius 1 is 1.28 bits per heavy atom. The second-order valence-corrected chi connectivity index (χ2v) is 7.16. The maximum atomic E-state index is 12.9. The highest BCUT2D eigenvalue weighted by Crippen LogP contribution is 2.40. The summed E-state index contributed by atoms with van der Waals surface area (Å²) < 4.78 is 38.6. The first-order chi connectivity index (χ1) is 11.8. The summed E-state index contributed by atoms with van der Waals surface area (Å²) in [5, 5.41) is 11.3. The maximum Gasteiger partial charge on any atom is 0.391 e. The summed E-state index contributed by atoms with van der Waals surface area (Å²) in [7, 11) is 0. The van der Waals surface area contributed by atoms with Crippen LogP contribution in [0.25, 0.3) is 0 Å². The molecule has 1 aliphatic carbocycles. The summed E-state index contributed by atoms with van der Waals surface area (Å²) in [5.74, 6) is -2.86. The van der Waals surface area contributed by atoms with Gasteiger partial charge < -0.3 is 10.4 Å². The van der Waals surface area contributed by atoms with Crippen molar-refractivity contribution in [3.05, 3.63) is 29.8 Å². The van der Waals surface area contributed by atoms with Gasteiger partial charge in [-0.3, -0.25) is 9.59 Å².